The van der Waals surface area contributed by atoms with Crippen LogP contribution in [0.3, 0.4) is 0 Å². The smallest absolute Gasteiger partial charge is 0.278 e. The molecule has 0 aliphatic rings. The number of hydrogen-bond donors (Lipinski definition) is 0. The molecular weight excluding hydrogens is 284 g/mol. The molecule has 1 amide bonds. The summed E-state index contributed by atoms with van der Waals surface area (Å²) in [5.41, 5.74) is 3.55. The van der Waals surface area contributed by atoms with Crippen LogP contribution in [0.25, 0.3) is 0 Å². The first-order valence-corrected chi connectivity index (χ1v) is 7.57. The van der Waals surface area contributed by atoms with Gasteiger partial charge in [-0.25, -0.2) is 0 Å². The number of carbonyl (C=O) groups is 1. The quantitative estimate of drug-likeness (QED) is 0.728. The van der Waals surface area contributed by atoms with Crippen LogP contribution >= 0.6 is 0 Å². The first kappa shape index (κ1) is 15.0. The maximum Gasteiger partial charge on any atom is 0.278 e. The Bertz CT molecular complexity index is 862. The van der Waals surface area contributed by atoms with Crippen LogP contribution in [0.1, 0.15) is 21.5 Å². The minimum atomic E-state index is -0.224. The molecule has 1 aromatic heterocycles. The van der Waals surface area contributed by atoms with Crippen LogP contribution in [-0.4, -0.2) is 10.5 Å². The topological polar surface area (TPSA) is 34.4 Å². The molecule has 3 aromatic rings. The van der Waals surface area contributed by atoms with Crippen molar-refractivity contribution in [2.45, 2.75) is 13.5 Å². The van der Waals surface area contributed by atoms with E-state index in [1.165, 1.54) is 5.56 Å². The zero-order valence-corrected chi connectivity index (χ0v) is 13.0. The average Bonchev–Trinajstić information content (AvgIpc) is 2.58. The fourth-order valence-electron chi connectivity index (χ4n) is 2.35. The van der Waals surface area contributed by atoms with Gasteiger partial charge >= 0.3 is 0 Å². The minimum absolute atomic E-state index is 0.224. The Morgan fingerprint density at radius 1 is 0.913 bits per heavy atom. The summed E-state index contributed by atoms with van der Waals surface area (Å²) in [5, 5.41) is 0. The molecule has 0 atom stereocenters. The third kappa shape index (κ3) is 3.83. The largest absolute Gasteiger partial charge is 0.328 e. The summed E-state index contributed by atoms with van der Waals surface area (Å²) >= 11 is 0. The molecule has 2 aromatic carbocycles. The number of amides is 1. The molecule has 3 nitrogen and oxygen atoms in total. The fourth-order valence-corrected chi connectivity index (χ4v) is 2.35. The number of carbonyl (C=O) groups excluding carboxylic acids is 1. The van der Waals surface area contributed by atoms with Crippen LogP contribution in [0.15, 0.2) is 84.0 Å². The molecular formula is C20H18N2O. The van der Waals surface area contributed by atoms with Crippen molar-refractivity contribution in [2.75, 3.05) is 0 Å². The van der Waals surface area contributed by atoms with Crippen molar-refractivity contribution >= 4 is 5.91 Å². The third-order valence-electron chi connectivity index (χ3n) is 3.63. The molecule has 0 aliphatic carbocycles. The Hall–Kier alpha value is -2.94. The molecule has 0 saturated heterocycles. The number of hydrogen-bond acceptors (Lipinski definition) is 1. The highest BCUT2D eigenvalue weighted by atomic mass is 16.1. The Morgan fingerprint density at radius 2 is 1.61 bits per heavy atom. The van der Waals surface area contributed by atoms with Crippen molar-refractivity contribution in [3.63, 3.8) is 0 Å². The van der Waals surface area contributed by atoms with Crippen molar-refractivity contribution < 1.29 is 4.79 Å². The van der Waals surface area contributed by atoms with Crippen LogP contribution in [0, 0.1) is 6.92 Å². The van der Waals surface area contributed by atoms with E-state index in [1.807, 2.05) is 78.4 Å². The summed E-state index contributed by atoms with van der Waals surface area (Å²) in [7, 11) is 0. The Balaban J connectivity index is 1.93. The number of rotatable bonds is 3. The van der Waals surface area contributed by atoms with Crippen molar-refractivity contribution in [1.29, 1.82) is 0 Å². The first-order chi connectivity index (χ1) is 11.2. The normalized spacial score (nSPS) is 11.4. The molecule has 3 rings (SSSR count). The summed E-state index contributed by atoms with van der Waals surface area (Å²) in [4.78, 5) is 16.6. The maximum atomic E-state index is 12.4. The standard InChI is InChI=1S/C20H18N2O/c1-16-10-12-18(13-11-16)20(23)21-19-9-5-6-14-22(19)15-17-7-3-2-4-8-17/h2-14H,15H2,1H3. The summed E-state index contributed by atoms with van der Waals surface area (Å²) in [6, 6.07) is 23.3. The van der Waals surface area contributed by atoms with Gasteiger partial charge in [-0.1, -0.05) is 54.1 Å². The van der Waals surface area contributed by atoms with Crippen molar-refractivity contribution in [3.8, 4) is 0 Å². The van der Waals surface area contributed by atoms with E-state index in [-0.39, 0.29) is 5.91 Å². The van der Waals surface area contributed by atoms with Gasteiger partial charge in [-0.05, 0) is 36.8 Å². The monoisotopic (exact) mass is 302 g/mol. The van der Waals surface area contributed by atoms with Gasteiger partial charge in [0.1, 0.15) is 5.49 Å². The second kappa shape index (κ2) is 6.88. The highest BCUT2D eigenvalue weighted by molar-refractivity contribution is 5.94. The predicted molar refractivity (Wildman–Crippen MR) is 91.0 cm³/mol. The Labute approximate surface area is 135 Å². The molecule has 0 unspecified atom stereocenters. The molecule has 23 heavy (non-hydrogen) atoms. The van der Waals surface area contributed by atoms with Gasteiger partial charge in [-0.3, -0.25) is 4.79 Å². The van der Waals surface area contributed by atoms with Gasteiger partial charge in [0, 0.05) is 18.3 Å². The lowest BCUT2D eigenvalue weighted by molar-refractivity contribution is 0.0997. The molecule has 0 bridgehead atoms. The van der Waals surface area contributed by atoms with Crippen molar-refractivity contribution in [3.05, 3.63) is 101 Å². The molecule has 0 spiro atoms. The zero-order chi connectivity index (χ0) is 16.1. The van der Waals surface area contributed by atoms with Crippen LogP contribution in [0.4, 0.5) is 0 Å². The second-order valence-corrected chi connectivity index (χ2v) is 5.46. The maximum absolute atomic E-state index is 12.4. The third-order valence-corrected chi connectivity index (χ3v) is 3.63. The SMILES string of the molecule is Cc1ccc(C(=O)N=c2ccccn2Cc2ccccc2)cc1. The summed E-state index contributed by atoms with van der Waals surface area (Å²) in [6.45, 7) is 2.68. The van der Waals surface area contributed by atoms with Gasteiger partial charge in [0.15, 0.2) is 0 Å². The van der Waals surface area contributed by atoms with Crippen molar-refractivity contribution in [2.24, 2.45) is 4.99 Å². The van der Waals surface area contributed by atoms with Gasteiger partial charge in [0.25, 0.3) is 5.91 Å². The molecule has 3 heteroatoms. The van der Waals surface area contributed by atoms with Crippen LogP contribution < -0.4 is 5.49 Å². The Kier molecular flexibility index (Phi) is 4.48. The zero-order valence-electron chi connectivity index (χ0n) is 13.0. The first-order valence-electron chi connectivity index (χ1n) is 7.57. The molecule has 0 saturated carbocycles. The van der Waals surface area contributed by atoms with E-state index in [2.05, 4.69) is 17.1 Å². The number of benzene rings is 2. The van der Waals surface area contributed by atoms with E-state index in [0.717, 1.165) is 5.56 Å². The molecule has 0 fully saturated rings. The van der Waals surface area contributed by atoms with Gasteiger partial charge in [-0.15, -0.1) is 0 Å². The van der Waals surface area contributed by atoms with E-state index in [0.29, 0.717) is 17.6 Å². The van der Waals surface area contributed by atoms with E-state index in [4.69, 9.17) is 0 Å². The van der Waals surface area contributed by atoms with Gasteiger partial charge < -0.3 is 4.57 Å². The molecule has 0 N–H and O–H groups in total. The molecule has 0 aliphatic heterocycles. The molecule has 1 heterocycles. The van der Waals surface area contributed by atoms with Crippen molar-refractivity contribution in [1.82, 2.24) is 4.57 Å². The van der Waals surface area contributed by atoms with Gasteiger partial charge in [-0.2, -0.15) is 4.99 Å². The van der Waals surface area contributed by atoms with E-state index in [9.17, 15) is 4.79 Å². The fraction of sp³-hybridized carbons (Fsp3) is 0.100. The van der Waals surface area contributed by atoms with Gasteiger partial charge in [0.05, 0.1) is 0 Å². The van der Waals surface area contributed by atoms with E-state index < -0.39 is 0 Å². The minimum Gasteiger partial charge on any atom is -0.328 e. The van der Waals surface area contributed by atoms with E-state index in [1.54, 1.807) is 0 Å². The molecule has 0 radical (unpaired) electrons. The summed E-state index contributed by atoms with van der Waals surface area (Å²) < 4.78 is 1.97. The highest BCUT2D eigenvalue weighted by Crippen LogP contribution is 2.04. The lowest BCUT2D eigenvalue weighted by Gasteiger charge is -2.07. The highest BCUT2D eigenvalue weighted by Gasteiger charge is 2.04. The number of pyridine rings is 1. The summed E-state index contributed by atoms with van der Waals surface area (Å²) in [6.07, 6.45) is 1.94. The molecule has 114 valence electrons. The average molecular weight is 302 g/mol. The number of aryl methyl sites for hydroxylation is 1. The summed E-state index contributed by atoms with van der Waals surface area (Å²) in [5.74, 6) is -0.224. The van der Waals surface area contributed by atoms with E-state index >= 15 is 0 Å². The van der Waals surface area contributed by atoms with Crippen LogP contribution in [0.5, 0.6) is 0 Å². The Morgan fingerprint density at radius 3 is 2.35 bits per heavy atom. The number of aromatic nitrogens is 1. The number of nitrogens with zero attached hydrogens (tertiary/aromatic N) is 2. The van der Waals surface area contributed by atoms with Crippen LogP contribution in [-0.2, 0) is 6.54 Å². The van der Waals surface area contributed by atoms with Gasteiger partial charge in [0.2, 0.25) is 0 Å². The second-order valence-electron chi connectivity index (χ2n) is 5.46. The lowest BCUT2D eigenvalue weighted by Crippen LogP contribution is -2.22. The predicted octanol–water partition coefficient (Wildman–Crippen LogP) is 3.59. The van der Waals surface area contributed by atoms with Crippen LogP contribution in [0.2, 0.25) is 0 Å². The lowest BCUT2D eigenvalue weighted by atomic mass is 10.1.